The van der Waals surface area contributed by atoms with Crippen molar-refractivity contribution in [3.8, 4) is 0 Å². The molecule has 3 aromatic rings. The van der Waals surface area contributed by atoms with Crippen molar-refractivity contribution in [2.24, 2.45) is 0 Å². The molecule has 0 fully saturated rings. The van der Waals surface area contributed by atoms with Gasteiger partial charge in [0.1, 0.15) is 23.5 Å². The summed E-state index contributed by atoms with van der Waals surface area (Å²) < 4.78 is 10.7. The molecule has 0 spiro atoms. The van der Waals surface area contributed by atoms with Crippen LogP contribution in [0, 0.1) is 6.92 Å². The number of rotatable bonds is 5. The predicted octanol–water partition coefficient (Wildman–Crippen LogP) is 2.72. The number of esters is 1. The molecule has 0 saturated carbocycles. The van der Waals surface area contributed by atoms with E-state index in [0.29, 0.717) is 34.8 Å². The Morgan fingerprint density at radius 2 is 2.17 bits per heavy atom. The van der Waals surface area contributed by atoms with Crippen LogP contribution in [0.5, 0.6) is 0 Å². The zero-order valence-corrected chi connectivity index (χ0v) is 12.9. The topological polar surface area (TPSA) is 90.1 Å². The molecule has 0 amide bonds. The van der Waals surface area contributed by atoms with Gasteiger partial charge in [0.2, 0.25) is 5.71 Å². The summed E-state index contributed by atoms with van der Waals surface area (Å²) in [5, 5.41) is 3.70. The lowest BCUT2D eigenvalue weighted by Crippen LogP contribution is -2.08. The van der Waals surface area contributed by atoms with Crippen LogP contribution in [0.4, 0.5) is 5.82 Å². The number of aryl methyl sites for hydroxylation is 1. The quantitative estimate of drug-likeness (QED) is 0.724. The van der Waals surface area contributed by atoms with Crippen LogP contribution in [0.25, 0.3) is 11.1 Å². The van der Waals surface area contributed by atoms with Crippen LogP contribution < -0.4 is 5.32 Å². The second-order valence-electron chi connectivity index (χ2n) is 4.83. The number of furan rings is 1. The summed E-state index contributed by atoms with van der Waals surface area (Å²) in [4.78, 5) is 24.7. The SMILES string of the molecule is CCOC(=O)c1c(C)oc2ncnc(NCc3ccccn3)c12. The van der Waals surface area contributed by atoms with E-state index in [1.165, 1.54) is 6.33 Å². The van der Waals surface area contributed by atoms with E-state index in [-0.39, 0.29) is 6.61 Å². The highest BCUT2D eigenvalue weighted by Crippen LogP contribution is 2.29. The molecule has 0 aliphatic carbocycles. The minimum atomic E-state index is -0.445. The highest BCUT2D eigenvalue weighted by atomic mass is 16.5. The van der Waals surface area contributed by atoms with Gasteiger partial charge in [0.15, 0.2) is 0 Å². The monoisotopic (exact) mass is 312 g/mol. The molecule has 7 nitrogen and oxygen atoms in total. The van der Waals surface area contributed by atoms with Crippen molar-refractivity contribution in [3.05, 3.63) is 47.7 Å². The van der Waals surface area contributed by atoms with Gasteiger partial charge in [-0.25, -0.2) is 14.8 Å². The van der Waals surface area contributed by atoms with Crippen LogP contribution in [-0.2, 0) is 11.3 Å². The fourth-order valence-corrected chi connectivity index (χ4v) is 2.30. The average Bonchev–Trinajstić information content (AvgIpc) is 2.90. The number of anilines is 1. The molecule has 0 atom stereocenters. The number of aromatic nitrogens is 3. The number of carbonyl (C=O) groups excluding carboxylic acids is 1. The highest BCUT2D eigenvalue weighted by Gasteiger charge is 2.23. The Morgan fingerprint density at radius 1 is 1.30 bits per heavy atom. The standard InChI is InChI=1S/C16H16N4O3/c1-3-22-16(21)12-10(2)23-15-13(12)14(19-9-20-15)18-8-11-6-4-5-7-17-11/h4-7,9H,3,8H2,1-2H3,(H,18,19,20). The number of pyridine rings is 1. The van der Waals surface area contributed by atoms with E-state index in [1.807, 2.05) is 18.2 Å². The third-order valence-corrected chi connectivity index (χ3v) is 3.31. The first-order valence-electron chi connectivity index (χ1n) is 7.25. The minimum Gasteiger partial charge on any atom is -0.462 e. The molecule has 1 N–H and O–H groups in total. The first-order chi connectivity index (χ1) is 11.2. The first kappa shape index (κ1) is 15.0. The van der Waals surface area contributed by atoms with Crippen LogP contribution >= 0.6 is 0 Å². The van der Waals surface area contributed by atoms with Crippen LogP contribution in [0.1, 0.15) is 28.7 Å². The third-order valence-electron chi connectivity index (χ3n) is 3.31. The fourth-order valence-electron chi connectivity index (χ4n) is 2.30. The van der Waals surface area contributed by atoms with E-state index in [9.17, 15) is 4.79 Å². The Bertz CT molecular complexity index is 830. The van der Waals surface area contributed by atoms with Gasteiger partial charge in [0.25, 0.3) is 0 Å². The maximum absolute atomic E-state index is 12.2. The predicted molar refractivity (Wildman–Crippen MR) is 84.1 cm³/mol. The van der Waals surface area contributed by atoms with Crippen molar-refractivity contribution in [3.63, 3.8) is 0 Å². The summed E-state index contributed by atoms with van der Waals surface area (Å²) in [5.41, 5.74) is 1.56. The van der Waals surface area contributed by atoms with Gasteiger partial charge >= 0.3 is 5.97 Å². The molecule has 0 aliphatic rings. The molecule has 0 bridgehead atoms. The maximum Gasteiger partial charge on any atom is 0.342 e. The number of nitrogens with one attached hydrogen (secondary N) is 1. The van der Waals surface area contributed by atoms with Gasteiger partial charge in [-0.1, -0.05) is 6.07 Å². The van der Waals surface area contributed by atoms with Crippen molar-refractivity contribution < 1.29 is 13.9 Å². The van der Waals surface area contributed by atoms with Crippen molar-refractivity contribution in [1.29, 1.82) is 0 Å². The maximum atomic E-state index is 12.2. The van der Waals surface area contributed by atoms with Crippen LogP contribution in [0.15, 0.2) is 35.1 Å². The number of fused-ring (bicyclic) bond motifs is 1. The Labute approximate surface area is 132 Å². The summed E-state index contributed by atoms with van der Waals surface area (Å²) in [5.74, 6) is 0.528. The summed E-state index contributed by atoms with van der Waals surface area (Å²) >= 11 is 0. The zero-order valence-electron chi connectivity index (χ0n) is 12.9. The van der Waals surface area contributed by atoms with E-state index < -0.39 is 5.97 Å². The summed E-state index contributed by atoms with van der Waals surface area (Å²) in [7, 11) is 0. The van der Waals surface area contributed by atoms with Crippen molar-refractivity contribution in [2.45, 2.75) is 20.4 Å². The van der Waals surface area contributed by atoms with E-state index in [2.05, 4.69) is 20.3 Å². The molecule has 0 aliphatic heterocycles. The van der Waals surface area contributed by atoms with Gasteiger partial charge < -0.3 is 14.5 Å². The van der Waals surface area contributed by atoms with Crippen molar-refractivity contribution in [1.82, 2.24) is 15.0 Å². The lowest BCUT2D eigenvalue weighted by atomic mass is 10.2. The van der Waals surface area contributed by atoms with Gasteiger partial charge in [-0.05, 0) is 26.0 Å². The van der Waals surface area contributed by atoms with Gasteiger partial charge in [-0.15, -0.1) is 0 Å². The molecule has 0 aromatic carbocycles. The van der Waals surface area contributed by atoms with E-state index >= 15 is 0 Å². The van der Waals surface area contributed by atoms with Crippen molar-refractivity contribution >= 4 is 22.9 Å². The summed E-state index contributed by atoms with van der Waals surface area (Å²) in [6, 6.07) is 5.66. The number of nitrogens with zero attached hydrogens (tertiary/aromatic N) is 3. The molecular weight excluding hydrogens is 296 g/mol. The van der Waals surface area contributed by atoms with E-state index in [1.54, 1.807) is 20.0 Å². The summed E-state index contributed by atoms with van der Waals surface area (Å²) in [6.07, 6.45) is 3.11. The van der Waals surface area contributed by atoms with Crippen LogP contribution in [0.2, 0.25) is 0 Å². The number of hydrogen-bond donors (Lipinski definition) is 1. The fraction of sp³-hybridized carbons (Fsp3) is 0.250. The lowest BCUT2D eigenvalue weighted by molar-refractivity contribution is 0.0526. The molecule has 0 saturated heterocycles. The highest BCUT2D eigenvalue weighted by molar-refractivity contribution is 6.07. The zero-order chi connectivity index (χ0) is 16.2. The molecular formula is C16H16N4O3. The van der Waals surface area contributed by atoms with E-state index in [0.717, 1.165) is 5.69 Å². The largest absolute Gasteiger partial charge is 0.462 e. The Kier molecular flexibility index (Phi) is 4.18. The van der Waals surface area contributed by atoms with Crippen LogP contribution in [-0.4, -0.2) is 27.5 Å². The lowest BCUT2D eigenvalue weighted by Gasteiger charge is -2.07. The average molecular weight is 312 g/mol. The van der Waals surface area contributed by atoms with Gasteiger partial charge in [-0.2, -0.15) is 0 Å². The van der Waals surface area contributed by atoms with E-state index in [4.69, 9.17) is 9.15 Å². The Balaban J connectivity index is 1.98. The number of carbonyl (C=O) groups is 1. The molecule has 23 heavy (non-hydrogen) atoms. The van der Waals surface area contributed by atoms with Gasteiger partial charge in [-0.3, -0.25) is 4.98 Å². The normalized spacial score (nSPS) is 10.7. The molecule has 3 heterocycles. The second-order valence-corrected chi connectivity index (χ2v) is 4.83. The molecule has 3 rings (SSSR count). The Hall–Kier alpha value is -2.96. The van der Waals surface area contributed by atoms with Gasteiger partial charge in [0.05, 0.1) is 24.2 Å². The first-order valence-corrected chi connectivity index (χ1v) is 7.25. The molecule has 0 unspecified atom stereocenters. The number of ether oxygens (including phenoxy) is 1. The molecule has 0 radical (unpaired) electrons. The Morgan fingerprint density at radius 3 is 2.91 bits per heavy atom. The van der Waals surface area contributed by atoms with Gasteiger partial charge in [0, 0.05) is 6.20 Å². The minimum absolute atomic E-state index is 0.287. The van der Waals surface area contributed by atoms with Crippen LogP contribution in [0.3, 0.4) is 0 Å². The molecule has 3 aromatic heterocycles. The summed E-state index contributed by atoms with van der Waals surface area (Å²) in [6.45, 7) is 4.22. The molecule has 7 heteroatoms. The molecule has 118 valence electrons. The second kappa shape index (κ2) is 6.43. The van der Waals surface area contributed by atoms with Crippen molar-refractivity contribution in [2.75, 3.05) is 11.9 Å². The third kappa shape index (κ3) is 2.98. The number of hydrogen-bond acceptors (Lipinski definition) is 7. The smallest absolute Gasteiger partial charge is 0.342 e.